The van der Waals surface area contributed by atoms with Gasteiger partial charge in [0.15, 0.2) is 0 Å². The Morgan fingerprint density at radius 3 is 1.51 bits per heavy atom. The van der Waals surface area contributed by atoms with Gasteiger partial charge in [-0.25, -0.2) is 0 Å². The molecule has 2 N–H and O–H groups in total. The van der Waals surface area contributed by atoms with Gasteiger partial charge in [-0.1, -0.05) is 69.3 Å². The molecular formula is C33H28I2N2O2. The van der Waals surface area contributed by atoms with Gasteiger partial charge in [0.05, 0.1) is 17.3 Å². The van der Waals surface area contributed by atoms with Gasteiger partial charge in [-0.2, -0.15) is 0 Å². The number of nitrogens with one attached hydrogen (secondary N) is 2. The molecular weight excluding hydrogens is 710 g/mol. The normalized spacial score (nSPS) is 11.6. The highest BCUT2D eigenvalue weighted by Crippen LogP contribution is 2.33. The van der Waals surface area contributed by atoms with Gasteiger partial charge in [0.2, 0.25) is 11.6 Å². The smallest absolute Gasteiger partial charge is 0.209 e. The second-order valence-electron chi connectivity index (χ2n) is 10.6. The quantitative estimate of drug-likeness (QED) is 0.130. The van der Waals surface area contributed by atoms with Crippen LogP contribution in [-0.4, -0.2) is 21.5 Å². The number of hydrogen-bond acceptors (Lipinski definition) is 2. The van der Waals surface area contributed by atoms with E-state index in [4.69, 9.17) is 0 Å². The molecule has 0 fully saturated rings. The first-order valence-corrected chi connectivity index (χ1v) is 14.8. The first kappa shape index (κ1) is 27.6. The van der Waals surface area contributed by atoms with Gasteiger partial charge in [-0.05, 0) is 110 Å². The van der Waals surface area contributed by atoms with Crippen LogP contribution in [0.1, 0.15) is 81.3 Å². The lowest BCUT2D eigenvalue weighted by atomic mass is 9.84. The standard InChI is InChI=1S/C33H28I2N2O2/c1-33(2,3)23-12-10-20(11-13-23)30(26-14-16-28(36-26)31(38)21-6-4-8-24(34)18-21)27-15-17-29(37-27)32(39)22-7-5-9-25(35)19-22/h4-19,30,36-37H,1-3H3. The minimum Gasteiger partial charge on any atom is -0.355 e. The topological polar surface area (TPSA) is 65.7 Å². The van der Waals surface area contributed by atoms with Crippen LogP contribution in [0.25, 0.3) is 0 Å². The molecule has 2 aromatic heterocycles. The van der Waals surface area contributed by atoms with Gasteiger partial charge in [-0.15, -0.1) is 0 Å². The molecule has 39 heavy (non-hydrogen) atoms. The first-order valence-electron chi connectivity index (χ1n) is 12.7. The van der Waals surface area contributed by atoms with Gasteiger partial charge in [0.1, 0.15) is 0 Å². The molecule has 2 heterocycles. The van der Waals surface area contributed by atoms with Crippen LogP contribution < -0.4 is 0 Å². The van der Waals surface area contributed by atoms with E-state index in [1.54, 1.807) is 0 Å². The lowest BCUT2D eigenvalue weighted by molar-refractivity contribution is 0.102. The minimum atomic E-state index is -0.214. The average molecular weight is 738 g/mol. The second kappa shape index (κ2) is 11.3. The number of benzene rings is 3. The number of ketones is 2. The number of H-pyrrole nitrogens is 2. The van der Waals surface area contributed by atoms with Crippen molar-refractivity contribution in [3.8, 4) is 0 Å². The van der Waals surface area contributed by atoms with Crippen LogP contribution in [0, 0.1) is 7.14 Å². The monoisotopic (exact) mass is 738 g/mol. The third-order valence-electron chi connectivity index (χ3n) is 6.81. The van der Waals surface area contributed by atoms with Crippen molar-refractivity contribution in [3.63, 3.8) is 0 Å². The van der Waals surface area contributed by atoms with Gasteiger partial charge in [0.25, 0.3) is 0 Å². The highest BCUT2D eigenvalue weighted by atomic mass is 127. The summed E-state index contributed by atoms with van der Waals surface area (Å²) in [7, 11) is 0. The summed E-state index contributed by atoms with van der Waals surface area (Å²) in [4.78, 5) is 33.3. The first-order chi connectivity index (χ1) is 18.6. The third-order valence-corrected chi connectivity index (χ3v) is 8.15. The Balaban J connectivity index is 1.54. The molecule has 6 heteroatoms. The summed E-state index contributed by atoms with van der Waals surface area (Å²) in [6, 6.07) is 31.4. The average Bonchev–Trinajstić information content (AvgIpc) is 3.59. The number of carbonyl (C=O) groups excluding carboxylic acids is 2. The van der Waals surface area contributed by atoms with Crippen LogP contribution >= 0.6 is 45.2 Å². The van der Waals surface area contributed by atoms with Gasteiger partial charge < -0.3 is 9.97 Å². The molecule has 0 aliphatic heterocycles. The lowest BCUT2D eigenvalue weighted by Crippen LogP contribution is -2.12. The van der Waals surface area contributed by atoms with Crippen LogP contribution in [0.2, 0.25) is 0 Å². The maximum Gasteiger partial charge on any atom is 0.209 e. The number of carbonyl (C=O) groups is 2. The zero-order valence-electron chi connectivity index (χ0n) is 21.9. The van der Waals surface area contributed by atoms with Crippen LogP contribution in [0.15, 0.2) is 97.1 Å². The van der Waals surface area contributed by atoms with E-state index in [9.17, 15) is 9.59 Å². The Kier molecular flexibility index (Phi) is 7.96. The van der Waals surface area contributed by atoms with Gasteiger partial charge in [-0.3, -0.25) is 9.59 Å². The molecule has 0 aliphatic carbocycles. The van der Waals surface area contributed by atoms with E-state index in [-0.39, 0.29) is 22.9 Å². The SMILES string of the molecule is CC(C)(C)c1ccc(C(c2ccc(C(=O)c3cccc(I)c3)[nH]2)c2ccc(C(=O)c3cccc(I)c3)[nH]2)cc1. The fourth-order valence-electron chi connectivity index (χ4n) is 4.70. The van der Waals surface area contributed by atoms with Crippen LogP contribution in [0.3, 0.4) is 0 Å². The molecule has 0 bridgehead atoms. The molecule has 0 radical (unpaired) electrons. The Bertz CT molecular complexity index is 1560. The third kappa shape index (κ3) is 6.11. The van der Waals surface area contributed by atoms with Gasteiger partial charge >= 0.3 is 0 Å². The zero-order valence-corrected chi connectivity index (χ0v) is 26.2. The largest absolute Gasteiger partial charge is 0.355 e. The molecule has 5 rings (SSSR count). The fraction of sp³-hybridized carbons (Fsp3) is 0.152. The van der Waals surface area contributed by atoms with Crippen molar-refractivity contribution in [3.05, 3.63) is 149 Å². The maximum atomic E-state index is 13.3. The van der Waals surface area contributed by atoms with Crippen molar-refractivity contribution >= 4 is 56.7 Å². The second-order valence-corrected chi connectivity index (χ2v) is 13.1. The zero-order chi connectivity index (χ0) is 27.7. The molecule has 196 valence electrons. The van der Waals surface area contributed by atoms with E-state index >= 15 is 0 Å². The van der Waals surface area contributed by atoms with E-state index in [2.05, 4.69) is 100 Å². The summed E-state index contributed by atoms with van der Waals surface area (Å²) < 4.78 is 2.03. The lowest BCUT2D eigenvalue weighted by Gasteiger charge is -2.21. The Labute approximate surface area is 255 Å². The molecule has 0 aliphatic rings. The van der Waals surface area contributed by atoms with Crippen LogP contribution in [-0.2, 0) is 5.41 Å². The number of aromatic nitrogens is 2. The summed E-state index contributed by atoms with van der Waals surface area (Å²) in [5, 5.41) is 0. The van der Waals surface area contributed by atoms with Crippen molar-refractivity contribution in [2.75, 3.05) is 0 Å². The molecule has 0 unspecified atom stereocenters. The van der Waals surface area contributed by atoms with Crippen molar-refractivity contribution in [1.29, 1.82) is 0 Å². The highest BCUT2D eigenvalue weighted by molar-refractivity contribution is 14.1. The summed E-state index contributed by atoms with van der Waals surface area (Å²) in [6.45, 7) is 6.59. The Morgan fingerprint density at radius 2 is 1.10 bits per heavy atom. The van der Waals surface area contributed by atoms with Crippen molar-refractivity contribution in [2.45, 2.75) is 32.1 Å². The number of hydrogen-bond donors (Lipinski definition) is 2. The summed E-state index contributed by atoms with van der Waals surface area (Å²) >= 11 is 4.43. The highest BCUT2D eigenvalue weighted by Gasteiger charge is 2.24. The predicted octanol–water partition coefficient (Wildman–Crippen LogP) is 8.49. The minimum absolute atomic E-state index is 0.0342. The summed E-state index contributed by atoms with van der Waals surface area (Å²) in [5.74, 6) is -0.320. The molecule has 5 aromatic rings. The molecule has 0 amide bonds. The Morgan fingerprint density at radius 1 is 0.641 bits per heavy atom. The molecule has 0 spiro atoms. The van der Waals surface area contributed by atoms with E-state index in [1.165, 1.54) is 5.56 Å². The molecule has 3 aromatic carbocycles. The number of aromatic amines is 2. The molecule has 0 saturated heterocycles. The van der Waals surface area contributed by atoms with Crippen molar-refractivity contribution < 1.29 is 9.59 Å². The van der Waals surface area contributed by atoms with E-state index in [0.717, 1.165) is 24.1 Å². The molecule has 0 atom stereocenters. The number of rotatable bonds is 7. The van der Waals surface area contributed by atoms with Gasteiger partial charge in [0, 0.05) is 29.7 Å². The van der Waals surface area contributed by atoms with Crippen molar-refractivity contribution in [2.24, 2.45) is 0 Å². The summed E-state index contributed by atoms with van der Waals surface area (Å²) in [6.07, 6.45) is 0. The van der Waals surface area contributed by atoms with E-state index in [0.29, 0.717) is 22.5 Å². The predicted molar refractivity (Wildman–Crippen MR) is 173 cm³/mol. The van der Waals surface area contributed by atoms with Crippen LogP contribution in [0.5, 0.6) is 0 Å². The summed E-state index contributed by atoms with van der Waals surface area (Å²) in [5.41, 5.74) is 6.45. The number of halogens is 2. The van der Waals surface area contributed by atoms with E-state index < -0.39 is 0 Å². The fourth-order valence-corrected chi connectivity index (χ4v) is 5.78. The van der Waals surface area contributed by atoms with E-state index in [1.807, 2.05) is 72.8 Å². The maximum absolute atomic E-state index is 13.3. The Hall–Kier alpha value is -2.98. The van der Waals surface area contributed by atoms with Crippen molar-refractivity contribution in [1.82, 2.24) is 9.97 Å². The molecule has 0 saturated carbocycles. The van der Waals surface area contributed by atoms with Crippen LogP contribution in [0.4, 0.5) is 0 Å². The molecule has 4 nitrogen and oxygen atoms in total.